The Kier molecular flexibility index (Phi) is 5.25. The largest absolute Gasteiger partial charge is 0.324 e. The fourth-order valence-corrected chi connectivity index (χ4v) is 2.10. The first-order valence-corrected chi connectivity index (χ1v) is 6.86. The van der Waals surface area contributed by atoms with Gasteiger partial charge in [0.1, 0.15) is 17.9 Å². The van der Waals surface area contributed by atoms with E-state index in [1.807, 2.05) is 0 Å². The van der Waals surface area contributed by atoms with E-state index in [2.05, 4.69) is 10.4 Å². The van der Waals surface area contributed by atoms with Crippen LogP contribution in [-0.4, -0.2) is 15.7 Å². The van der Waals surface area contributed by atoms with E-state index in [1.54, 1.807) is 25.1 Å². The van der Waals surface area contributed by atoms with Gasteiger partial charge in [0, 0.05) is 10.7 Å². The minimum Gasteiger partial charge on any atom is -0.324 e. The molecule has 0 saturated carbocycles. The average Bonchev–Trinajstić information content (AvgIpc) is 2.88. The number of hydrogen-bond donors (Lipinski definition) is 1. The third-order valence-electron chi connectivity index (χ3n) is 3.11. The first-order chi connectivity index (χ1) is 10.8. The Morgan fingerprint density at radius 2 is 2.00 bits per heavy atom. The van der Waals surface area contributed by atoms with Crippen LogP contribution in [0.1, 0.15) is 29.8 Å². The highest BCUT2D eigenvalue weighted by Crippen LogP contribution is 2.26. The second kappa shape index (κ2) is 6.99. The summed E-state index contributed by atoms with van der Waals surface area (Å²) in [7, 11) is 0. The molecule has 1 N–H and O–H groups in total. The number of rotatable bonds is 5. The molecule has 0 aliphatic heterocycles. The lowest BCUT2D eigenvalue weighted by Gasteiger charge is -2.10. The number of carbonyl (C=O) groups excluding carboxylic acids is 1. The molecule has 2 aromatic rings. The lowest BCUT2D eigenvalue weighted by Crippen LogP contribution is -2.21. The Labute approximate surface area is 134 Å². The van der Waals surface area contributed by atoms with Gasteiger partial charge in [-0.2, -0.15) is 5.10 Å². The van der Waals surface area contributed by atoms with Gasteiger partial charge >= 0.3 is 0 Å². The maximum Gasteiger partial charge on any atom is 0.282 e. The molecule has 1 aromatic heterocycles. The second-order valence-electron chi connectivity index (χ2n) is 4.71. The van der Waals surface area contributed by atoms with E-state index >= 15 is 0 Å². The second-order valence-corrected chi connectivity index (χ2v) is 5.12. The van der Waals surface area contributed by atoms with Gasteiger partial charge in [-0.15, -0.1) is 0 Å². The van der Waals surface area contributed by atoms with Crippen molar-refractivity contribution in [3.05, 3.63) is 46.2 Å². The van der Waals surface area contributed by atoms with Gasteiger partial charge in [-0.3, -0.25) is 9.48 Å². The number of hydrogen-bond acceptors (Lipinski definition) is 2. The molecular weight excluding hydrogens is 338 g/mol. The van der Waals surface area contributed by atoms with Gasteiger partial charge in [0.15, 0.2) is 0 Å². The van der Waals surface area contributed by atoms with Crippen LogP contribution in [0.3, 0.4) is 0 Å². The van der Waals surface area contributed by atoms with Crippen molar-refractivity contribution in [2.24, 2.45) is 0 Å². The number of benzene rings is 1. The molecule has 0 radical (unpaired) electrons. The highest BCUT2D eigenvalue weighted by Gasteiger charge is 2.22. The van der Waals surface area contributed by atoms with Crippen LogP contribution in [-0.2, 0) is 11.3 Å². The Hall–Kier alpha value is -2.09. The van der Waals surface area contributed by atoms with E-state index in [9.17, 15) is 22.4 Å². The van der Waals surface area contributed by atoms with Crippen LogP contribution >= 0.6 is 11.6 Å². The van der Waals surface area contributed by atoms with Gasteiger partial charge in [0.2, 0.25) is 5.91 Å². The molecule has 0 aliphatic rings. The summed E-state index contributed by atoms with van der Waals surface area (Å²) in [6.07, 6.45) is -6.01. The van der Waals surface area contributed by atoms with Crippen LogP contribution in [0.5, 0.6) is 0 Å². The molecule has 124 valence electrons. The number of halogens is 5. The van der Waals surface area contributed by atoms with Crippen molar-refractivity contribution in [3.8, 4) is 0 Å². The van der Waals surface area contributed by atoms with Crippen molar-refractivity contribution < 1.29 is 22.4 Å². The highest BCUT2D eigenvalue weighted by molar-refractivity contribution is 6.31. The molecule has 1 heterocycles. The van der Waals surface area contributed by atoms with E-state index in [0.29, 0.717) is 27.0 Å². The van der Waals surface area contributed by atoms with Crippen molar-refractivity contribution in [2.45, 2.75) is 26.3 Å². The Morgan fingerprint density at radius 1 is 1.30 bits per heavy atom. The summed E-state index contributed by atoms with van der Waals surface area (Å²) < 4.78 is 51.4. The lowest BCUT2D eigenvalue weighted by atomic mass is 10.2. The summed E-state index contributed by atoms with van der Waals surface area (Å²) in [6.45, 7) is 1.06. The van der Waals surface area contributed by atoms with Crippen molar-refractivity contribution in [2.75, 3.05) is 5.32 Å². The molecule has 0 bridgehead atoms. The van der Waals surface area contributed by atoms with E-state index in [1.165, 1.54) is 0 Å². The lowest BCUT2D eigenvalue weighted by molar-refractivity contribution is -0.117. The summed E-state index contributed by atoms with van der Waals surface area (Å²) in [5, 5.41) is 6.27. The maximum absolute atomic E-state index is 12.8. The highest BCUT2D eigenvalue weighted by atomic mass is 35.5. The molecule has 0 unspecified atom stereocenters. The first-order valence-electron chi connectivity index (χ1n) is 6.48. The van der Waals surface area contributed by atoms with Gasteiger partial charge in [-0.1, -0.05) is 17.7 Å². The maximum atomic E-state index is 12.8. The van der Waals surface area contributed by atoms with E-state index in [4.69, 9.17) is 11.6 Å². The van der Waals surface area contributed by atoms with Crippen LogP contribution in [0.2, 0.25) is 5.02 Å². The van der Waals surface area contributed by atoms with E-state index < -0.39 is 36.7 Å². The van der Waals surface area contributed by atoms with E-state index in [-0.39, 0.29) is 0 Å². The van der Waals surface area contributed by atoms with Crippen LogP contribution in [0.25, 0.3) is 0 Å². The van der Waals surface area contributed by atoms with Crippen molar-refractivity contribution >= 4 is 23.2 Å². The molecule has 4 nitrogen and oxygen atoms in total. The zero-order valence-electron chi connectivity index (χ0n) is 11.9. The van der Waals surface area contributed by atoms with Gasteiger partial charge in [0.25, 0.3) is 12.9 Å². The van der Waals surface area contributed by atoms with Crippen LogP contribution in [0.15, 0.2) is 24.3 Å². The molecule has 0 fully saturated rings. The Morgan fingerprint density at radius 3 is 2.61 bits per heavy atom. The smallest absolute Gasteiger partial charge is 0.282 e. The number of nitrogens with zero attached hydrogens (tertiary/aromatic N) is 2. The van der Waals surface area contributed by atoms with Crippen LogP contribution < -0.4 is 5.32 Å². The number of aromatic nitrogens is 2. The topological polar surface area (TPSA) is 46.9 Å². The summed E-state index contributed by atoms with van der Waals surface area (Å²) in [4.78, 5) is 12.0. The number of anilines is 1. The number of alkyl halides is 4. The zero-order valence-corrected chi connectivity index (χ0v) is 12.6. The van der Waals surface area contributed by atoms with Crippen LogP contribution in [0, 0.1) is 6.92 Å². The van der Waals surface area contributed by atoms with Gasteiger partial charge in [0.05, 0.1) is 0 Å². The predicted molar refractivity (Wildman–Crippen MR) is 77.0 cm³/mol. The molecule has 1 aromatic carbocycles. The van der Waals surface area contributed by atoms with E-state index in [0.717, 1.165) is 0 Å². The third kappa shape index (κ3) is 4.01. The number of nitrogens with one attached hydrogen (secondary N) is 1. The minimum atomic E-state index is -3.02. The standard InChI is InChI=1S/C14H12ClF4N3O/c1-7-8(15)3-2-4-9(7)20-12(23)6-22-11(14(18)19)5-10(21-22)13(16)17/h2-5,13-14H,6H2,1H3,(H,20,23). The monoisotopic (exact) mass is 349 g/mol. The molecule has 0 saturated heterocycles. The molecule has 23 heavy (non-hydrogen) atoms. The molecule has 2 rings (SSSR count). The number of amides is 1. The summed E-state index contributed by atoms with van der Waals surface area (Å²) >= 11 is 5.91. The molecule has 0 aliphatic carbocycles. The molecule has 1 amide bonds. The normalized spacial score (nSPS) is 11.3. The van der Waals surface area contributed by atoms with Gasteiger partial charge in [-0.25, -0.2) is 17.6 Å². The van der Waals surface area contributed by atoms with Gasteiger partial charge < -0.3 is 5.32 Å². The predicted octanol–water partition coefficient (Wildman–Crippen LogP) is 4.36. The van der Waals surface area contributed by atoms with Crippen molar-refractivity contribution in [3.63, 3.8) is 0 Å². The quantitative estimate of drug-likeness (QED) is 0.815. The SMILES string of the molecule is Cc1c(Cl)cccc1NC(=O)Cn1nc(C(F)F)cc1C(F)F. The average molecular weight is 350 g/mol. The fourth-order valence-electron chi connectivity index (χ4n) is 1.93. The molecular formula is C14H12ClF4N3O. The molecule has 9 heteroatoms. The zero-order chi connectivity index (χ0) is 17.1. The fraction of sp³-hybridized carbons (Fsp3) is 0.286. The Balaban J connectivity index is 2.18. The minimum absolute atomic E-state index is 0.405. The first kappa shape index (κ1) is 17.3. The molecule has 0 spiro atoms. The summed E-state index contributed by atoms with van der Waals surface area (Å²) in [5.74, 6) is -0.679. The summed E-state index contributed by atoms with van der Waals surface area (Å²) in [6, 6.07) is 5.41. The molecule has 0 atom stereocenters. The summed E-state index contributed by atoms with van der Waals surface area (Å²) in [5.41, 5.74) is -0.530. The van der Waals surface area contributed by atoms with Crippen molar-refractivity contribution in [1.82, 2.24) is 9.78 Å². The number of carbonyl (C=O) groups is 1. The van der Waals surface area contributed by atoms with Crippen LogP contribution in [0.4, 0.5) is 23.2 Å². The van der Waals surface area contributed by atoms with Crippen molar-refractivity contribution in [1.29, 1.82) is 0 Å². The third-order valence-corrected chi connectivity index (χ3v) is 3.52. The van der Waals surface area contributed by atoms with Gasteiger partial charge in [-0.05, 0) is 30.7 Å². The Bertz CT molecular complexity index is 718.